The highest BCUT2D eigenvalue weighted by Gasteiger charge is 2.19. The third-order valence-corrected chi connectivity index (χ3v) is 4.88. The van der Waals surface area contributed by atoms with Gasteiger partial charge in [-0.2, -0.15) is 0 Å². The number of benzene rings is 2. The van der Waals surface area contributed by atoms with Crippen molar-refractivity contribution in [1.29, 1.82) is 0 Å². The van der Waals surface area contributed by atoms with Crippen molar-refractivity contribution in [3.8, 4) is 5.75 Å². The molecule has 4 heteroatoms. The lowest BCUT2D eigenvalue weighted by Crippen LogP contribution is -2.32. The molecule has 0 spiro atoms. The monoisotopic (exact) mass is 352 g/mol. The number of carbonyl (C=O) groups excluding carboxylic acids is 1. The fourth-order valence-electron chi connectivity index (χ4n) is 3.24. The van der Waals surface area contributed by atoms with E-state index >= 15 is 0 Å². The van der Waals surface area contributed by atoms with Gasteiger partial charge < -0.3 is 15.0 Å². The molecule has 1 heterocycles. The second kappa shape index (κ2) is 8.75. The van der Waals surface area contributed by atoms with E-state index in [9.17, 15) is 4.79 Å². The molecule has 1 atom stereocenters. The van der Waals surface area contributed by atoms with E-state index in [1.165, 1.54) is 24.1 Å². The van der Waals surface area contributed by atoms with Crippen LogP contribution in [0, 0.1) is 0 Å². The zero-order valence-electron chi connectivity index (χ0n) is 15.7. The second-order valence-corrected chi connectivity index (χ2v) is 6.74. The number of nitrogens with one attached hydrogen (secondary N) is 1. The number of nitrogens with zero attached hydrogens (tertiary/aromatic N) is 1. The van der Waals surface area contributed by atoms with E-state index in [1.54, 1.807) is 0 Å². The summed E-state index contributed by atoms with van der Waals surface area (Å²) in [6.07, 6.45) is 3.62. The van der Waals surface area contributed by atoms with Gasteiger partial charge >= 0.3 is 0 Å². The van der Waals surface area contributed by atoms with E-state index in [-0.39, 0.29) is 5.91 Å². The largest absolute Gasteiger partial charge is 0.481 e. The van der Waals surface area contributed by atoms with Crippen LogP contribution in [0.5, 0.6) is 5.75 Å². The van der Waals surface area contributed by atoms with Crippen LogP contribution in [0.4, 0.5) is 11.4 Å². The third kappa shape index (κ3) is 4.57. The first kappa shape index (κ1) is 18.3. The fourth-order valence-corrected chi connectivity index (χ4v) is 3.24. The zero-order chi connectivity index (χ0) is 18.4. The summed E-state index contributed by atoms with van der Waals surface area (Å²) < 4.78 is 5.88. The number of aryl methyl sites for hydroxylation is 1. The summed E-state index contributed by atoms with van der Waals surface area (Å²) in [4.78, 5) is 14.9. The molecule has 0 saturated carbocycles. The Morgan fingerprint density at radius 3 is 2.27 bits per heavy atom. The molecule has 1 amide bonds. The molecular formula is C22H28N2O2. The quantitative estimate of drug-likeness (QED) is 0.789. The first-order valence-corrected chi connectivity index (χ1v) is 9.61. The van der Waals surface area contributed by atoms with Crippen molar-refractivity contribution in [2.45, 2.75) is 45.6 Å². The van der Waals surface area contributed by atoms with Crippen molar-refractivity contribution >= 4 is 17.3 Å². The number of rotatable bonds is 7. The molecule has 2 aromatic rings. The van der Waals surface area contributed by atoms with Crippen LogP contribution in [0.2, 0.25) is 0 Å². The molecule has 0 radical (unpaired) electrons. The Morgan fingerprint density at radius 1 is 1.04 bits per heavy atom. The molecule has 0 aromatic heterocycles. The van der Waals surface area contributed by atoms with Gasteiger partial charge in [-0.05, 0) is 67.6 Å². The van der Waals surface area contributed by atoms with Crippen LogP contribution in [-0.2, 0) is 11.2 Å². The highest BCUT2D eigenvalue weighted by molar-refractivity contribution is 5.94. The number of ether oxygens (including phenoxy) is 1. The Balaban J connectivity index is 1.59. The van der Waals surface area contributed by atoms with Gasteiger partial charge in [-0.25, -0.2) is 0 Å². The standard InChI is InChI=1S/C22H28N2O2/c1-3-17-7-13-20(14-8-17)26-21(4-2)22(25)23-18-9-11-19(12-10-18)24-15-5-6-16-24/h7-14,21H,3-6,15-16H2,1-2H3,(H,23,25). The van der Waals surface area contributed by atoms with Gasteiger partial charge in [0.25, 0.3) is 5.91 Å². The molecule has 0 aliphatic carbocycles. The lowest BCUT2D eigenvalue weighted by atomic mass is 10.1. The molecule has 4 nitrogen and oxygen atoms in total. The molecule has 1 N–H and O–H groups in total. The number of hydrogen-bond donors (Lipinski definition) is 1. The molecule has 1 aliphatic heterocycles. The van der Waals surface area contributed by atoms with Crippen LogP contribution in [0.3, 0.4) is 0 Å². The Bertz CT molecular complexity index is 704. The number of carbonyl (C=O) groups is 1. The van der Waals surface area contributed by atoms with Gasteiger partial charge in [-0.1, -0.05) is 26.0 Å². The fraction of sp³-hybridized carbons (Fsp3) is 0.409. The van der Waals surface area contributed by atoms with Crippen LogP contribution < -0.4 is 15.0 Å². The predicted octanol–water partition coefficient (Wildman–Crippen LogP) is 4.65. The summed E-state index contributed by atoms with van der Waals surface area (Å²) in [5, 5.41) is 2.97. The normalized spacial score (nSPS) is 14.9. The van der Waals surface area contributed by atoms with E-state index < -0.39 is 6.10 Å². The third-order valence-electron chi connectivity index (χ3n) is 4.88. The lowest BCUT2D eigenvalue weighted by Gasteiger charge is -2.19. The maximum absolute atomic E-state index is 12.6. The number of anilines is 2. The predicted molar refractivity (Wildman–Crippen MR) is 107 cm³/mol. The molecule has 3 rings (SSSR count). The Labute approximate surface area is 156 Å². The average molecular weight is 352 g/mol. The van der Waals surface area contributed by atoms with Gasteiger partial charge in [-0.15, -0.1) is 0 Å². The molecule has 1 aliphatic rings. The summed E-state index contributed by atoms with van der Waals surface area (Å²) in [5.74, 6) is 0.620. The van der Waals surface area contributed by atoms with Crippen molar-refractivity contribution < 1.29 is 9.53 Å². The van der Waals surface area contributed by atoms with Gasteiger partial charge in [0.1, 0.15) is 5.75 Å². The van der Waals surface area contributed by atoms with Crippen molar-refractivity contribution in [2.24, 2.45) is 0 Å². The van der Waals surface area contributed by atoms with Crippen LogP contribution in [0.15, 0.2) is 48.5 Å². The molecule has 2 aromatic carbocycles. The van der Waals surface area contributed by atoms with E-state index in [4.69, 9.17) is 4.74 Å². The zero-order valence-corrected chi connectivity index (χ0v) is 15.7. The molecule has 1 fully saturated rings. The topological polar surface area (TPSA) is 41.6 Å². The minimum absolute atomic E-state index is 0.110. The maximum atomic E-state index is 12.6. The second-order valence-electron chi connectivity index (χ2n) is 6.74. The Hall–Kier alpha value is -2.49. The van der Waals surface area contributed by atoms with Crippen molar-refractivity contribution in [3.63, 3.8) is 0 Å². The first-order chi connectivity index (χ1) is 12.7. The highest BCUT2D eigenvalue weighted by atomic mass is 16.5. The molecular weight excluding hydrogens is 324 g/mol. The van der Waals surface area contributed by atoms with Gasteiger partial charge in [0, 0.05) is 24.5 Å². The van der Waals surface area contributed by atoms with Crippen LogP contribution in [-0.4, -0.2) is 25.1 Å². The van der Waals surface area contributed by atoms with E-state index in [1.807, 2.05) is 43.3 Å². The van der Waals surface area contributed by atoms with E-state index in [0.29, 0.717) is 6.42 Å². The van der Waals surface area contributed by atoms with Crippen LogP contribution in [0.25, 0.3) is 0 Å². The van der Waals surface area contributed by atoms with Crippen molar-refractivity contribution in [1.82, 2.24) is 0 Å². The molecule has 138 valence electrons. The molecule has 26 heavy (non-hydrogen) atoms. The highest BCUT2D eigenvalue weighted by Crippen LogP contribution is 2.22. The minimum Gasteiger partial charge on any atom is -0.481 e. The van der Waals surface area contributed by atoms with E-state index in [0.717, 1.165) is 30.9 Å². The van der Waals surface area contributed by atoms with Gasteiger partial charge in [-0.3, -0.25) is 4.79 Å². The van der Waals surface area contributed by atoms with Gasteiger partial charge in [0.05, 0.1) is 0 Å². The van der Waals surface area contributed by atoms with Crippen molar-refractivity contribution in [3.05, 3.63) is 54.1 Å². The minimum atomic E-state index is -0.499. The summed E-state index contributed by atoms with van der Waals surface area (Å²) >= 11 is 0. The van der Waals surface area contributed by atoms with Crippen LogP contribution >= 0.6 is 0 Å². The number of amides is 1. The summed E-state index contributed by atoms with van der Waals surface area (Å²) in [5.41, 5.74) is 3.29. The molecule has 1 unspecified atom stereocenters. The molecule has 1 saturated heterocycles. The average Bonchev–Trinajstić information content (AvgIpc) is 3.22. The lowest BCUT2D eigenvalue weighted by molar-refractivity contribution is -0.122. The van der Waals surface area contributed by atoms with Gasteiger partial charge in [0.15, 0.2) is 6.10 Å². The van der Waals surface area contributed by atoms with Gasteiger partial charge in [0.2, 0.25) is 0 Å². The van der Waals surface area contributed by atoms with E-state index in [2.05, 4.69) is 29.3 Å². The summed E-state index contributed by atoms with van der Waals surface area (Å²) in [6.45, 7) is 6.32. The Morgan fingerprint density at radius 2 is 1.69 bits per heavy atom. The van der Waals surface area contributed by atoms with Crippen LogP contribution in [0.1, 0.15) is 38.7 Å². The summed E-state index contributed by atoms with van der Waals surface area (Å²) in [7, 11) is 0. The smallest absolute Gasteiger partial charge is 0.265 e. The van der Waals surface area contributed by atoms with Crippen molar-refractivity contribution in [2.75, 3.05) is 23.3 Å². The molecule has 0 bridgehead atoms. The Kier molecular flexibility index (Phi) is 6.16. The number of hydrogen-bond acceptors (Lipinski definition) is 3. The maximum Gasteiger partial charge on any atom is 0.265 e. The first-order valence-electron chi connectivity index (χ1n) is 9.61. The SMILES string of the molecule is CCc1ccc(OC(CC)C(=O)Nc2ccc(N3CCCC3)cc2)cc1. The summed E-state index contributed by atoms with van der Waals surface area (Å²) in [6, 6.07) is 16.0.